The maximum Gasteiger partial charge on any atom is 0.257 e. The van der Waals surface area contributed by atoms with Crippen molar-refractivity contribution in [3.05, 3.63) is 52.0 Å². The van der Waals surface area contributed by atoms with Crippen LogP contribution in [0.2, 0.25) is 0 Å². The van der Waals surface area contributed by atoms with Crippen LogP contribution in [0.4, 0.5) is 10.1 Å². The monoisotopic (exact) mass is 290 g/mol. The zero-order chi connectivity index (χ0) is 14.1. The molecule has 0 unspecified atom stereocenters. The summed E-state index contributed by atoms with van der Waals surface area (Å²) in [5, 5.41) is 4.00. The Morgan fingerprint density at radius 1 is 1.40 bits per heavy atom. The molecule has 1 amide bonds. The third kappa shape index (κ3) is 2.67. The molecule has 1 aliphatic carbocycles. The zero-order valence-corrected chi connectivity index (χ0v) is 11.7. The number of hydrogen-bond donors (Lipinski definition) is 1. The van der Waals surface area contributed by atoms with E-state index in [0.29, 0.717) is 12.2 Å². The molecule has 1 aromatic heterocycles. The van der Waals surface area contributed by atoms with Gasteiger partial charge < -0.3 is 10.6 Å². The van der Waals surface area contributed by atoms with E-state index in [9.17, 15) is 9.18 Å². The molecule has 1 aliphatic rings. The van der Waals surface area contributed by atoms with Gasteiger partial charge in [-0.25, -0.2) is 4.39 Å². The molecule has 0 atom stereocenters. The third-order valence-electron chi connectivity index (χ3n) is 3.41. The van der Waals surface area contributed by atoms with E-state index >= 15 is 0 Å². The lowest BCUT2D eigenvalue weighted by Crippen LogP contribution is -2.33. The van der Waals surface area contributed by atoms with Crippen LogP contribution in [0.15, 0.2) is 35.0 Å². The van der Waals surface area contributed by atoms with Crippen molar-refractivity contribution in [1.82, 2.24) is 4.90 Å². The van der Waals surface area contributed by atoms with Gasteiger partial charge in [-0.15, -0.1) is 0 Å². The molecule has 0 saturated heterocycles. The summed E-state index contributed by atoms with van der Waals surface area (Å²) in [6.45, 7) is 0.539. The summed E-state index contributed by atoms with van der Waals surface area (Å²) in [6, 6.07) is 6.46. The first-order valence-electron chi connectivity index (χ1n) is 6.52. The Hall–Kier alpha value is -1.88. The van der Waals surface area contributed by atoms with Crippen LogP contribution in [-0.2, 0) is 6.54 Å². The normalized spacial score (nSPS) is 14.2. The first kappa shape index (κ1) is 13.1. The summed E-state index contributed by atoms with van der Waals surface area (Å²) in [6.07, 6.45) is 1.99. The summed E-state index contributed by atoms with van der Waals surface area (Å²) in [5.41, 5.74) is 7.04. The van der Waals surface area contributed by atoms with Gasteiger partial charge in [-0.3, -0.25) is 4.79 Å². The van der Waals surface area contributed by atoms with Crippen LogP contribution in [0.3, 0.4) is 0 Å². The van der Waals surface area contributed by atoms with Gasteiger partial charge in [0.05, 0.1) is 5.56 Å². The summed E-state index contributed by atoms with van der Waals surface area (Å²) < 4.78 is 13.9. The number of halogens is 1. The number of anilines is 1. The van der Waals surface area contributed by atoms with E-state index in [2.05, 4.69) is 0 Å². The first-order chi connectivity index (χ1) is 9.65. The maximum absolute atomic E-state index is 13.9. The fourth-order valence-corrected chi connectivity index (χ4v) is 2.85. The number of hydrogen-bond acceptors (Lipinski definition) is 3. The number of nitrogens with zero attached hydrogens (tertiary/aromatic N) is 1. The standard InChI is InChI=1S/C15H15FN2OS/c16-14-7-11(17)1-4-13(14)15(19)18(12-2-3-12)8-10-5-6-20-9-10/h1,4-7,9,12H,2-3,8,17H2. The first-order valence-corrected chi connectivity index (χ1v) is 7.46. The second-order valence-electron chi connectivity index (χ2n) is 5.04. The lowest BCUT2D eigenvalue weighted by atomic mass is 10.1. The highest BCUT2D eigenvalue weighted by molar-refractivity contribution is 7.07. The van der Waals surface area contributed by atoms with Crippen molar-refractivity contribution in [2.24, 2.45) is 0 Å². The van der Waals surface area contributed by atoms with Gasteiger partial charge in [0.1, 0.15) is 5.82 Å². The summed E-state index contributed by atoms with van der Waals surface area (Å²) in [5.74, 6) is -0.804. The Balaban J connectivity index is 1.85. The van der Waals surface area contributed by atoms with Crippen LogP contribution in [-0.4, -0.2) is 16.8 Å². The quantitative estimate of drug-likeness (QED) is 0.878. The molecule has 1 saturated carbocycles. The molecule has 0 spiro atoms. The predicted octanol–water partition coefficient (Wildman–Crippen LogP) is 3.27. The fourth-order valence-electron chi connectivity index (χ4n) is 2.19. The molecule has 1 fully saturated rings. The topological polar surface area (TPSA) is 46.3 Å². The van der Waals surface area contributed by atoms with Gasteiger partial charge in [-0.1, -0.05) is 0 Å². The Morgan fingerprint density at radius 3 is 2.80 bits per heavy atom. The number of carbonyl (C=O) groups excluding carboxylic acids is 1. The largest absolute Gasteiger partial charge is 0.399 e. The number of rotatable bonds is 4. The SMILES string of the molecule is Nc1ccc(C(=O)N(Cc2ccsc2)C2CC2)c(F)c1. The van der Waals surface area contributed by atoms with Crippen molar-refractivity contribution in [3.63, 3.8) is 0 Å². The molecule has 3 nitrogen and oxygen atoms in total. The van der Waals surface area contributed by atoms with E-state index in [1.54, 1.807) is 22.3 Å². The van der Waals surface area contributed by atoms with Gasteiger partial charge >= 0.3 is 0 Å². The Morgan fingerprint density at radius 2 is 2.20 bits per heavy atom. The van der Waals surface area contributed by atoms with Gasteiger partial charge in [-0.2, -0.15) is 11.3 Å². The number of benzene rings is 1. The molecule has 1 heterocycles. The second-order valence-corrected chi connectivity index (χ2v) is 5.82. The lowest BCUT2D eigenvalue weighted by molar-refractivity contribution is 0.0725. The van der Waals surface area contributed by atoms with Crippen LogP contribution in [0.25, 0.3) is 0 Å². The van der Waals surface area contributed by atoms with Gasteiger partial charge in [0.25, 0.3) is 5.91 Å². The van der Waals surface area contributed by atoms with Gasteiger partial charge in [0, 0.05) is 18.3 Å². The van der Waals surface area contributed by atoms with Crippen molar-refractivity contribution >= 4 is 22.9 Å². The van der Waals surface area contributed by atoms with E-state index in [1.807, 2.05) is 16.8 Å². The molecule has 5 heteroatoms. The van der Waals surface area contributed by atoms with Crippen LogP contribution in [0.1, 0.15) is 28.8 Å². The van der Waals surface area contributed by atoms with Crippen LogP contribution >= 0.6 is 11.3 Å². The minimum atomic E-state index is -0.550. The molecule has 2 aromatic rings. The Kier molecular flexibility index (Phi) is 3.44. The Bertz CT molecular complexity index is 623. The molecule has 20 heavy (non-hydrogen) atoms. The molecule has 0 aliphatic heterocycles. The average molecular weight is 290 g/mol. The minimum Gasteiger partial charge on any atom is -0.399 e. The molecular weight excluding hydrogens is 275 g/mol. The lowest BCUT2D eigenvalue weighted by Gasteiger charge is -2.22. The second kappa shape index (κ2) is 5.25. The van der Waals surface area contributed by atoms with E-state index in [-0.39, 0.29) is 17.5 Å². The molecule has 1 aromatic carbocycles. The smallest absolute Gasteiger partial charge is 0.257 e. The highest BCUT2D eigenvalue weighted by Gasteiger charge is 2.34. The summed E-state index contributed by atoms with van der Waals surface area (Å²) in [7, 11) is 0. The van der Waals surface area contributed by atoms with Gasteiger partial charge in [0.2, 0.25) is 0 Å². The molecule has 104 valence electrons. The number of nitrogen functional groups attached to an aromatic ring is 1. The number of carbonyl (C=O) groups is 1. The van der Waals surface area contributed by atoms with E-state index in [0.717, 1.165) is 18.4 Å². The van der Waals surface area contributed by atoms with E-state index in [4.69, 9.17) is 5.73 Å². The minimum absolute atomic E-state index is 0.0985. The highest BCUT2D eigenvalue weighted by Crippen LogP contribution is 2.30. The van der Waals surface area contributed by atoms with Crippen molar-refractivity contribution in [3.8, 4) is 0 Å². The molecule has 0 bridgehead atoms. The predicted molar refractivity (Wildman–Crippen MR) is 78.0 cm³/mol. The van der Waals surface area contributed by atoms with E-state index < -0.39 is 5.82 Å². The molecular formula is C15H15FN2OS. The number of thiophene rings is 1. The van der Waals surface area contributed by atoms with Crippen molar-refractivity contribution < 1.29 is 9.18 Å². The van der Waals surface area contributed by atoms with Gasteiger partial charge in [-0.05, 0) is 53.4 Å². The van der Waals surface area contributed by atoms with Crippen LogP contribution < -0.4 is 5.73 Å². The van der Waals surface area contributed by atoms with Crippen molar-refractivity contribution in [1.29, 1.82) is 0 Å². The zero-order valence-electron chi connectivity index (χ0n) is 10.9. The summed E-state index contributed by atoms with van der Waals surface area (Å²) in [4.78, 5) is 14.3. The molecule has 3 rings (SSSR count). The van der Waals surface area contributed by atoms with Gasteiger partial charge in [0.15, 0.2) is 0 Å². The fraction of sp³-hybridized carbons (Fsp3) is 0.267. The number of amides is 1. The molecule has 2 N–H and O–H groups in total. The third-order valence-corrected chi connectivity index (χ3v) is 4.14. The summed E-state index contributed by atoms with van der Waals surface area (Å²) >= 11 is 1.60. The average Bonchev–Trinajstić information content (AvgIpc) is 3.12. The van der Waals surface area contributed by atoms with E-state index in [1.165, 1.54) is 12.1 Å². The highest BCUT2D eigenvalue weighted by atomic mass is 32.1. The maximum atomic E-state index is 13.9. The molecule has 0 radical (unpaired) electrons. The van der Waals surface area contributed by atoms with Crippen molar-refractivity contribution in [2.75, 3.05) is 5.73 Å². The van der Waals surface area contributed by atoms with Crippen molar-refractivity contribution in [2.45, 2.75) is 25.4 Å². The Labute approximate surface area is 120 Å². The number of nitrogens with two attached hydrogens (primary N) is 1. The van der Waals surface area contributed by atoms with Crippen LogP contribution in [0.5, 0.6) is 0 Å². The van der Waals surface area contributed by atoms with Crippen LogP contribution in [0, 0.1) is 5.82 Å².